The first-order valence-electron chi connectivity index (χ1n) is 9.62. The van der Waals surface area contributed by atoms with Crippen LogP contribution >= 0.6 is 0 Å². The highest BCUT2D eigenvalue weighted by molar-refractivity contribution is 5.66. The van der Waals surface area contributed by atoms with Crippen molar-refractivity contribution in [3.8, 4) is 0 Å². The van der Waals surface area contributed by atoms with Gasteiger partial charge < -0.3 is 9.90 Å². The Kier molecular flexibility index (Phi) is 16.4. The Balaban J connectivity index is 3.29. The van der Waals surface area contributed by atoms with Crippen LogP contribution in [0.3, 0.4) is 0 Å². The zero-order valence-corrected chi connectivity index (χ0v) is 15.1. The molecule has 0 amide bonds. The van der Waals surface area contributed by atoms with Crippen molar-refractivity contribution in [2.24, 2.45) is 0 Å². The third-order valence-corrected chi connectivity index (χ3v) is 4.22. The van der Waals surface area contributed by atoms with E-state index in [-0.39, 0.29) is 6.54 Å². The van der Waals surface area contributed by atoms with E-state index in [2.05, 4.69) is 13.8 Å². The van der Waals surface area contributed by atoms with Crippen LogP contribution in [0.1, 0.15) is 97.3 Å². The lowest BCUT2D eigenvalue weighted by Gasteiger charge is -2.21. The number of hydrogen-bond acceptors (Lipinski definition) is 3. The summed E-state index contributed by atoms with van der Waals surface area (Å²) in [7, 11) is 0. The van der Waals surface area contributed by atoms with E-state index < -0.39 is 5.97 Å². The van der Waals surface area contributed by atoms with Crippen LogP contribution in [0.5, 0.6) is 0 Å². The van der Waals surface area contributed by atoms with Gasteiger partial charge in [0.2, 0.25) is 0 Å². The molecule has 0 fully saturated rings. The molecular formula is C19H38NO2-. The summed E-state index contributed by atoms with van der Waals surface area (Å²) in [5, 5.41) is 10.7. The molecule has 0 N–H and O–H groups in total. The van der Waals surface area contributed by atoms with E-state index in [0.29, 0.717) is 0 Å². The van der Waals surface area contributed by atoms with Gasteiger partial charge >= 0.3 is 0 Å². The van der Waals surface area contributed by atoms with Crippen molar-refractivity contribution >= 4 is 5.97 Å². The van der Waals surface area contributed by atoms with Gasteiger partial charge in [0, 0.05) is 6.54 Å². The molecule has 0 bridgehead atoms. The maximum absolute atomic E-state index is 10.7. The first-order chi connectivity index (χ1) is 10.7. The van der Waals surface area contributed by atoms with Crippen LogP contribution in [-0.2, 0) is 4.79 Å². The van der Waals surface area contributed by atoms with Gasteiger partial charge in [-0.05, 0) is 25.9 Å². The van der Waals surface area contributed by atoms with Crippen LogP contribution in [0.2, 0.25) is 0 Å². The summed E-state index contributed by atoms with van der Waals surface area (Å²) in [6.07, 6.45) is 17.1. The molecule has 0 heterocycles. The van der Waals surface area contributed by atoms with E-state index in [1.807, 2.05) is 4.90 Å². The second kappa shape index (κ2) is 16.8. The molecule has 3 heteroatoms. The van der Waals surface area contributed by atoms with Crippen molar-refractivity contribution in [2.45, 2.75) is 97.3 Å². The van der Waals surface area contributed by atoms with Crippen LogP contribution in [0.15, 0.2) is 0 Å². The molecule has 0 rings (SSSR count). The van der Waals surface area contributed by atoms with Crippen molar-refractivity contribution < 1.29 is 9.90 Å². The summed E-state index contributed by atoms with van der Waals surface area (Å²) in [5.41, 5.74) is 0. The smallest absolute Gasteiger partial charge is 0.0555 e. The standard InChI is InChI=1S/C19H39NO2/c1-3-5-6-7-8-9-10-11-12-13-14-15-17-20(16-4-2)18-19(21)22/h3-18H2,1-2H3,(H,21,22)/p-1. The fourth-order valence-corrected chi connectivity index (χ4v) is 2.95. The van der Waals surface area contributed by atoms with Crippen LogP contribution in [-0.4, -0.2) is 30.5 Å². The predicted molar refractivity (Wildman–Crippen MR) is 92.8 cm³/mol. The molecule has 0 aliphatic rings. The minimum Gasteiger partial charge on any atom is -0.549 e. The quantitative estimate of drug-likeness (QED) is 0.379. The van der Waals surface area contributed by atoms with Crippen molar-refractivity contribution in [1.82, 2.24) is 4.90 Å². The first-order valence-corrected chi connectivity index (χ1v) is 9.62. The lowest BCUT2D eigenvalue weighted by Crippen LogP contribution is -2.38. The van der Waals surface area contributed by atoms with Crippen molar-refractivity contribution in [2.75, 3.05) is 19.6 Å². The van der Waals surface area contributed by atoms with E-state index in [1.165, 1.54) is 70.6 Å². The summed E-state index contributed by atoms with van der Waals surface area (Å²) in [6, 6.07) is 0. The number of unbranched alkanes of at least 4 members (excludes halogenated alkanes) is 11. The Morgan fingerprint density at radius 1 is 0.682 bits per heavy atom. The maximum atomic E-state index is 10.7. The van der Waals surface area contributed by atoms with E-state index in [1.54, 1.807) is 0 Å². The molecule has 0 unspecified atom stereocenters. The zero-order valence-electron chi connectivity index (χ0n) is 15.1. The van der Waals surface area contributed by atoms with Crippen molar-refractivity contribution in [3.63, 3.8) is 0 Å². The minimum atomic E-state index is -0.951. The van der Waals surface area contributed by atoms with Gasteiger partial charge in [-0.15, -0.1) is 0 Å². The highest BCUT2D eigenvalue weighted by Crippen LogP contribution is 2.12. The molecule has 0 spiro atoms. The third kappa shape index (κ3) is 15.8. The second-order valence-corrected chi connectivity index (χ2v) is 6.54. The molecule has 0 saturated heterocycles. The van der Waals surface area contributed by atoms with Gasteiger partial charge in [0.05, 0.1) is 5.97 Å². The van der Waals surface area contributed by atoms with E-state index in [0.717, 1.165) is 25.9 Å². The molecular weight excluding hydrogens is 274 g/mol. The van der Waals surface area contributed by atoms with Crippen LogP contribution in [0, 0.1) is 0 Å². The Morgan fingerprint density at radius 3 is 1.55 bits per heavy atom. The number of aliphatic carboxylic acids is 1. The molecule has 22 heavy (non-hydrogen) atoms. The molecule has 0 aliphatic heterocycles. The second-order valence-electron chi connectivity index (χ2n) is 6.54. The number of carboxylic acids is 1. The SMILES string of the molecule is CCCCCCCCCCCCCCN(CCC)CC(=O)[O-]. The fraction of sp³-hybridized carbons (Fsp3) is 0.947. The number of hydrogen-bond donors (Lipinski definition) is 0. The summed E-state index contributed by atoms with van der Waals surface area (Å²) in [5.74, 6) is -0.951. The van der Waals surface area contributed by atoms with Gasteiger partial charge in [-0.2, -0.15) is 0 Å². The van der Waals surface area contributed by atoms with Gasteiger partial charge in [-0.3, -0.25) is 4.90 Å². The predicted octanol–water partition coefficient (Wildman–Crippen LogP) is 4.15. The van der Waals surface area contributed by atoms with E-state index in [9.17, 15) is 9.90 Å². The molecule has 0 saturated carbocycles. The van der Waals surface area contributed by atoms with E-state index >= 15 is 0 Å². The molecule has 0 radical (unpaired) electrons. The molecule has 3 nitrogen and oxygen atoms in total. The Labute approximate surface area is 138 Å². The van der Waals surface area contributed by atoms with Crippen LogP contribution < -0.4 is 5.11 Å². The number of carbonyl (C=O) groups is 1. The molecule has 0 aromatic rings. The third-order valence-electron chi connectivity index (χ3n) is 4.22. The minimum absolute atomic E-state index is 0.0892. The highest BCUT2D eigenvalue weighted by atomic mass is 16.4. The first kappa shape index (κ1) is 21.4. The summed E-state index contributed by atoms with van der Waals surface area (Å²) < 4.78 is 0. The molecule has 0 aromatic carbocycles. The zero-order chi connectivity index (χ0) is 16.5. The van der Waals surface area contributed by atoms with Gasteiger partial charge in [0.1, 0.15) is 0 Å². The van der Waals surface area contributed by atoms with Crippen molar-refractivity contribution in [1.29, 1.82) is 0 Å². The lowest BCUT2D eigenvalue weighted by molar-refractivity contribution is -0.306. The lowest BCUT2D eigenvalue weighted by atomic mass is 10.1. The van der Waals surface area contributed by atoms with Crippen molar-refractivity contribution in [3.05, 3.63) is 0 Å². The van der Waals surface area contributed by atoms with Gasteiger partial charge in [-0.25, -0.2) is 0 Å². The monoisotopic (exact) mass is 312 g/mol. The number of rotatable bonds is 17. The summed E-state index contributed by atoms with van der Waals surface area (Å²) in [4.78, 5) is 12.7. The summed E-state index contributed by atoms with van der Waals surface area (Å²) >= 11 is 0. The van der Waals surface area contributed by atoms with Crippen LogP contribution in [0.4, 0.5) is 0 Å². The topological polar surface area (TPSA) is 43.4 Å². The molecule has 0 atom stereocenters. The van der Waals surface area contributed by atoms with Gasteiger partial charge in [0.25, 0.3) is 0 Å². The van der Waals surface area contributed by atoms with Gasteiger partial charge in [-0.1, -0.05) is 84.5 Å². The normalized spacial score (nSPS) is 11.2. The molecule has 0 aliphatic carbocycles. The highest BCUT2D eigenvalue weighted by Gasteiger charge is 2.03. The molecule has 0 aromatic heterocycles. The number of carbonyl (C=O) groups excluding carboxylic acids is 1. The Hall–Kier alpha value is -0.570. The van der Waals surface area contributed by atoms with Crippen LogP contribution in [0.25, 0.3) is 0 Å². The average Bonchev–Trinajstić information content (AvgIpc) is 2.48. The molecule has 132 valence electrons. The maximum Gasteiger partial charge on any atom is 0.0555 e. The fourth-order valence-electron chi connectivity index (χ4n) is 2.95. The van der Waals surface area contributed by atoms with E-state index in [4.69, 9.17) is 0 Å². The number of nitrogens with zero attached hydrogens (tertiary/aromatic N) is 1. The summed E-state index contributed by atoms with van der Waals surface area (Å²) in [6.45, 7) is 6.21. The Morgan fingerprint density at radius 2 is 1.14 bits per heavy atom. The average molecular weight is 313 g/mol. The largest absolute Gasteiger partial charge is 0.549 e. The Bertz CT molecular complexity index is 244. The number of carboxylic acid groups (broad SMARTS) is 1. The van der Waals surface area contributed by atoms with Gasteiger partial charge in [0.15, 0.2) is 0 Å².